The minimum absolute atomic E-state index is 0.338. The molecule has 1 aliphatic heterocycles. The van der Waals surface area contributed by atoms with Gasteiger partial charge in [-0.15, -0.1) is 0 Å². The number of piperidine rings is 1. The molecule has 90 valence electrons. The first kappa shape index (κ1) is 12.9. The van der Waals surface area contributed by atoms with Crippen molar-refractivity contribution in [2.24, 2.45) is 5.92 Å². The number of unbranched alkanes of at least 4 members (excludes halogenated alkanes) is 1. The van der Waals surface area contributed by atoms with Gasteiger partial charge in [-0.2, -0.15) is 0 Å². The molecule has 1 fully saturated rings. The molecule has 1 N–H and O–H groups in total. The van der Waals surface area contributed by atoms with Crippen LogP contribution in [0, 0.1) is 5.92 Å². The van der Waals surface area contributed by atoms with Gasteiger partial charge in [-0.05, 0) is 57.7 Å². The second-order valence-electron chi connectivity index (χ2n) is 4.50. The molecule has 0 aromatic heterocycles. The fraction of sp³-hybridized carbons (Fsp3) is 1.00. The lowest BCUT2D eigenvalue weighted by Crippen LogP contribution is -2.34. The van der Waals surface area contributed by atoms with Crippen LogP contribution in [-0.4, -0.2) is 50.0 Å². The third-order valence-corrected chi connectivity index (χ3v) is 3.32. The van der Waals surface area contributed by atoms with E-state index in [0.717, 1.165) is 31.9 Å². The zero-order valence-corrected chi connectivity index (χ0v) is 9.95. The molecule has 0 radical (unpaired) electrons. The number of methoxy groups -OCH3 is 1. The van der Waals surface area contributed by atoms with Crippen LogP contribution in [0.25, 0.3) is 0 Å². The van der Waals surface area contributed by atoms with Gasteiger partial charge < -0.3 is 14.7 Å². The van der Waals surface area contributed by atoms with Crippen molar-refractivity contribution in [3.05, 3.63) is 0 Å². The molecular weight excluding hydrogens is 190 g/mol. The van der Waals surface area contributed by atoms with E-state index in [0.29, 0.717) is 6.61 Å². The maximum atomic E-state index is 8.70. The van der Waals surface area contributed by atoms with Gasteiger partial charge in [-0.1, -0.05) is 0 Å². The molecule has 1 saturated heterocycles. The third-order valence-electron chi connectivity index (χ3n) is 3.32. The molecule has 0 aromatic rings. The summed E-state index contributed by atoms with van der Waals surface area (Å²) in [4.78, 5) is 2.53. The van der Waals surface area contributed by atoms with Gasteiger partial charge in [0.1, 0.15) is 0 Å². The average Bonchev–Trinajstić information content (AvgIpc) is 2.28. The van der Waals surface area contributed by atoms with E-state index in [1.807, 2.05) is 0 Å². The molecule has 3 nitrogen and oxygen atoms in total. The Morgan fingerprint density at radius 1 is 1.27 bits per heavy atom. The van der Waals surface area contributed by atoms with Crippen LogP contribution in [0.1, 0.15) is 32.1 Å². The van der Waals surface area contributed by atoms with Crippen molar-refractivity contribution in [2.45, 2.75) is 32.1 Å². The van der Waals surface area contributed by atoms with Crippen LogP contribution in [-0.2, 0) is 4.74 Å². The van der Waals surface area contributed by atoms with Crippen LogP contribution < -0.4 is 0 Å². The molecule has 0 aromatic carbocycles. The zero-order chi connectivity index (χ0) is 10.9. The van der Waals surface area contributed by atoms with Crippen molar-refractivity contribution < 1.29 is 9.84 Å². The molecule has 15 heavy (non-hydrogen) atoms. The molecule has 0 atom stereocenters. The number of aliphatic hydroxyl groups excluding tert-OH is 1. The lowest BCUT2D eigenvalue weighted by atomic mass is 9.94. The smallest absolute Gasteiger partial charge is 0.0464 e. The maximum absolute atomic E-state index is 8.70. The van der Waals surface area contributed by atoms with Crippen molar-refractivity contribution in [1.82, 2.24) is 4.90 Å². The van der Waals surface area contributed by atoms with E-state index in [2.05, 4.69) is 4.90 Å². The lowest BCUT2D eigenvalue weighted by Gasteiger charge is -2.31. The van der Waals surface area contributed by atoms with Gasteiger partial charge in [0.2, 0.25) is 0 Å². The number of aliphatic hydroxyl groups is 1. The second kappa shape index (κ2) is 8.08. The van der Waals surface area contributed by atoms with Crippen LogP contribution in [0.2, 0.25) is 0 Å². The van der Waals surface area contributed by atoms with Crippen LogP contribution in [0.3, 0.4) is 0 Å². The number of hydrogen-bond donors (Lipinski definition) is 1. The highest BCUT2D eigenvalue weighted by atomic mass is 16.5. The first-order chi connectivity index (χ1) is 7.36. The first-order valence-electron chi connectivity index (χ1n) is 6.19. The SMILES string of the molecule is COCCC1CCN(CCCCO)CC1. The second-order valence-corrected chi connectivity index (χ2v) is 4.50. The normalized spacial score (nSPS) is 19.6. The van der Waals surface area contributed by atoms with E-state index in [4.69, 9.17) is 9.84 Å². The lowest BCUT2D eigenvalue weighted by molar-refractivity contribution is 0.133. The van der Waals surface area contributed by atoms with Crippen LogP contribution in [0.15, 0.2) is 0 Å². The highest BCUT2D eigenvalue weighted by Gasteiger charge is 2.18. The van der Waals surface area contributed by atoms with E-state index in [1.165, 1.54) is 32.4 Å². The summed E-state index contributed by atoms with van der Waals surface area (Å²) in [6.07, 6.45) is 5.95. The Hall–Kier alpha value is -0.120. The van der Waals surface area contributed by atoms with Crippen LogP contribution in [0.4, 0.5) is 0 Å². The predicted octanol–water partition coefficient (Wildman–Crippen LogP) is 1.51. The average molecular weight is 215 g/mol. The zero-order valence-electron chi connectivity index (χ0n) is 9.95. The summed E-state index contributed by atoms with van der Waals surface area (Å²) in [5.41, 5.74) is 0. The number of rotatable bonds is 7. The molecule has 3 heteroatoms. The standard InChI is InChI=1S/C12H25NO2/c1-15-11-6-12-4-8-13(9-5-12)7-2-3-10-14/h12,14H,2-11H2,1H3. The summed E-state index contributed by atoms with van der Waals surface area (Å²) in [5.74, 6) is 0.874. The molecule has 0 amide bonds. The molecule has 0 unspecified atom stereocenters. The largest absolute Gasteiger partial charge is 0.396 e. The van der Waals surface area contributed by atoms with Gasteiger partial charge in [0.15, 0.2) is 0 Å². The van der Waals surface area contributed by atoms with E-state index < -0.39 is 0 Å². The fourth-order valence-electron chi connectivity index (χ4n) is 2.23. The van der Waals surface area contributed by atoms with E-state index in [1.54, 1.807) is 7.11 Å². The van der Waals surface area contributed by atoms with Gasteiger partial charge in [0, 0.05) is 20.3 Å². The highest BCUT2D eigenvalue weighted by Crippen LogP contribution is 2.20. The highest BCUT2D eigenvalue weighted by molar-refractivity contribution is 4.72. The maximum Gasteiger partial charge on any atom is 0.0464 e. The minimum Gasteiger partial charge on any atom is -0.396 e. The van der Waals surface area contributed by atoms with Crippen LogP contribution in [0.5, 0.6) is 0 Å². The number of nitrogens with zero attached hydrogens (tertiary/aromatic N) is 1. The Kier molecular flexibility index (Phi) is 6.98. The monoisotopic (exact) mass is 215 g/mol. The molecule has 0 aliphatic carbocycles. The molecule has 0 saturated carbocycles. The summed E-state index contributed by atoms with van der Waals surface area (Å²) in [7, 11) is 1.78. The molecule has 0 spiro atoms. The van der Waals surface area contributed by atoms with Crippen molar-refractivity contribution >= 4 is 0 Å². The van der Waals surface area contributed by atoms with Crippen LogP contribution >= 0.6 is 0 Å². The molecule has 1 heterocycles. The summed E-state index contributed by atoms with van der Waals surface area (Å²) in [6, 6.07) is 0. The fourth-order valence-corrected chi connectivity index (χ4v) is 2.23. The van der Waals surface area contributed by atoms with Gasteiger partial charge in [0.25, 0.3) is 0 Å². The quantitative estimate of drug-likeness (QED) is 0.653. The molecular formula is C12H25NO2. The van der Waals surface area contributed by atoms with Crippen molar-refractivity contribution in [3.8, 4) is 0 Å². The van der Waals surface area contributed by atoms with Gasteiger partial charge >= 0.3 is 0 Å². The summed E-state index contributed by atoms with van der Waals surface area (Å²) >= 11 is 0. The van der Waals surface area contributed by atoms with E-state index in [-0.39, 0.29) is 0 Å². The van der Waals surface area contributed by atoms with E-state index in [9.17, 15) is 0 Å². The van der Waals surface area contributed by atoms with Crippen molar-refractivity contribution in [1.29, 1.82) is 0 Å². The Morgan fingerprint density at radius 3 is 2.60 bits per heavy atom. The Balaban J connectivity index is 2.02. The Bertz CT molecular complexity index is 145. The summed E-state index contributed by atoms with van der Waals surface area (Å²) in [6.45, 7) is 4.89. The number of hydrogen-bond acceptors (Lipinski definition) is 3. The van der Waals surface area contributed by atoms with Gasteiger partial charge in [0.05, 0.1) is 0 Å². The summed E-state index contributed by atoms with van der Waals surface area (Å²) in [5, 5.41) is 8.70. The first-order valence-corrected chi connectivity index (χ1v) is 6.19. The number of ether oxygens (including phenoxy) is 1. The predicted molar refractivity (Wildman–Crippen MR) is 62.0 cm³/mol. The van der Waals surface area contributed by atoms with Crippen molar-refractivity contribution in [2.75, 3.05) is 40.0 Å². The Labute approximate surface area is 93.4 Å². The van der Waals surface area contributed by atoms with E-state index >= 15 is 0 Å². The topological polar surface area (TPSA) is 32.7 Å². The minimum atomic E-state index is 0.338. The van der Waals surface area contributed by atoms with Gasteiger partial charge in [-0.3, -0.25) is 0 Å². The molecule has 1 aliphatic rings. The number of likely N-dealkylation sites (tertiary alicyclic amines) is 1. The summed E-state index contributed by atoms with van der Waals surface area (Å²) < 4.78 is 5.11. The van der Waals surface area contributed by atoms with Gasteiger partial charge in [-0.25, -0.2) is 0 Å². The molecule has 0 bridgehead atoms. The third kappa shape index (κ3) is 5.50. The van der Waals surface area contributed by atoms with Crippen molar-refractivity contribution in [3.63, 3.8) is 0 Å². The Morgan fingerprint density at radius 2 is 2.00 bits per heavy atom. The molecule has 1 rings (SSSR count).